The number of aliphatic hydroxyl groups is 1. The fraction of sp³-hybridized carbons (Fsp3) is 0.667. The summed E-state index contributed by atoms with van der Waals surface area (Å²) in [5, 5.41) is 9.82. The first-order valence-corrected chi connectivity index (χ1v) is 7.30. The summed E-state index contributed by atoms with van der Waals surface area (Å²) in [6.07, 6.45) is 2.16. The Hall–Kier alpha value is -0.720. The number of thiazole rings is 1. The lowest BCUT2D eigenvalue weighted by atomic mass is 10.2. The molecule has 1 saturated carbocycles. The number of likely N-dealkylation sites (N-methyl/N-ethyl adjacent to an activating group) is 1. The number of rotatable bonds is 5. The van der Waals surface area contributed by atoms with Crippen molar-refractivity contribution in [3.05, 3.63) is 14.5 Å². The van der Waals surface area contributed by atoms with Crippen molar-refractivity contribution < 1.29 is 9.90 Å². The summed E-state index contributed by atoms with van der Waals surface area (Å²) in [6, 6.07) is 0. The number of aryl methyl sites for hydroxylation is 1. The van der Waals surface area contributed by atoms with Crippen LogP contribution in [-0.4, -0.2) is 40.6 Å². The topological polar surface area (TPSA) is 56.3 Å². The number of aliphatic hydroxyl groups excluding tert-OH is 1. The average molecular weight is 286 g/mol. The van der Waals surface area contributed by atoms with E-state index in [2.05, 4.69) is 4.98 Å². The number of aromatic nitrogens is 1. The highest BCUT2D eigenvalue weighted by molar-refractivity contribution is 7.73. The van der Waals surface area contributed by atoms with E-state index in [0.717, 1.165) is 23.4 Å². The van der Waals surface area contributed by atoms with Crippen LogP contribution in [0.1, 0.15) is 23.4 Å². The molecule has 0 spiro atoms. The molecule has 1 atom stereocenters. The summed E-state index contributed by atoms with van der Waals surface area (Å²) in [6.45, 7) is 2.35. The zero-order valence-electron chi connectivity index (χ0n) is 10.6. The van der Waals surface area contributed by atoms with E-state index >= 15 is 0 Å². The van der Waals surface area contributed by atoms with Crippen molar-refractivity contribution in [2.45, 2.75) is 32.3 Å². The van der Waals surface area contributed by atoms with Gasteiger partial charge in [-0.15, -0.1) is 11.3 Å². The van der Waals surface area contributed by atoms with Crippen molar-refractivity contribution in [2.24, 2.45) is 5.92 Å². The van der Waals surface area contributed by atoms with Gasteiger partial charge in [-0.25, -0.2) is 0 Å². The molecule has 0 unspecified atom stereocenters. The van der Waals surface area contributed by atoms with Gasteiger partial charge in [0, 0.05) is 24.2 Å². The van der Waals surface area contributed by atoms with Crippen LogP contribution in [0.3, 0.4) is 0 Å². The number of aromatic amines is 1. The molecule has 1 amide bonds. The van der Waals surface area contributed by atoms with Crippen LogP contribution in [-0.2, 0) is 11.2 Å². The van der Waals surface area contributed by atoms with Gasteiger partial charge in [0.25, 0.3) is 0 Å². The van der Waals surface area contributed by atoms with Crippen LogP contribution < -0.4 is 0 Å². The van der Waals surface area contributed by atoms with Crippen molar-refractivity contribution in [1.29, 1.82) is 0 Å². The van der Waals surface area contributed by atoms with Crippen LogP contribution in [0.5, 0.6) is 0 Å². The van der Waals surface area contributed by atoms with Crippen LogP contribution in [0.2, 0.25) is 0 Å². The van der Waals surface area contributed by atoms with Gasteiger partial charge in [-0.1, -0.05) is 0 Å². The summed E-state index contributed by atoms with van der Waals surface area (Å²) in [4.78, 5) is 17.7. The van der Waals surface area contributed by atoms with E-state index in [4.69, 9.17) is 12.2 Å². The molecule has 4 nitrogen and oxygen atoms in total. The van der Waals surface area contributed by atoms with Gasteiger partial charge in [-0.3, -0.25) is 4.79 Å². The lowest BCUT2D eigenvalue weighted by molar-refractivity contribution is -0.130. The third-order valence-corrected chi connectivity index (χ3v) is 4.62. The second-order valence-electron chi connectivity index (χ2n) is 4.92. The molecule has 0 aliphatic heterocycles. The highest BCUT2D eigenvalue weighted by Gasteiger charge is 2.31. The molecular formula is C12H18N2O2S2. The number of nitrogens with zero attached hydrogens (tertiary/aromatic N) is 1. The molecule has 2 rings (SSSR count). The molecule has 0 aromatic carbocycles. The lowest BCUT2D eigenvalue weighted by Gasteiger charge is -2.20. The van der Waals surface area contributed by atoms with Crippen molar-refractivity contribution in [2.75, 3.05) is 13.6 Å². The van der Waals surface area contributed by atoms with E-state index in [9.17, 15) is 9.90 Å². The van der Waals surface area contributed by atoms with E-state index in [0.29, 0.717) is 22.8 Å². The number of carbonyl (C=O) groups is 1. The highest BCUT2D eigenvalue weighted by Crippen LogP contribution is 2.32. The number of hydrogen-bond acceptors (Lipinski definition) is 4. The second-order valence-corrected chi connectivity index (χ2v) is 6.69. The van der Waals surface area contributed by atoms with Crippen LogP contribution in [0, 0.1) is 16.8 Å². The van der Waals surface area contributed by atoms with Crippen molar-refractivity contribution >= 4 is 29.5 Å². The second kappa shape index (κ2) is 5.50. The zero-order valence-corrected chi connectivity index (χ0v) is 12.2. The van der Waals surface area contributed by atoms with Gasteiger partial charge in [0.15, 0.2) is 3.95 Å². The monoisotopic (exact) mass is 286 g/mol. The molecule has 0 bridgehead atoms. The first kappa shape index (κ1) is 13.7. The maximum absolute atomic E-state index is 12.0. The Morgan fingerprint density at radius 3 is 2.83 bits per heavy atom. The SMILES string of the molecule is Cc1[nH]c(=S)sc1CC(=O)N(C)C[C@@H](O)C1CC1. The largest absolute Gasteiger partial charge is 0.391 e. The molecule has 6 heteroatoms. The zero-order chi connectivity index (χ0) is 13.3. The fourth-order valence-corrected chi connectivity index (χ4v) is 3.17. The quantitative estimate of drug-likeness (QED) is 0.813. The van der Waals surface area contributed by atoms with E-state index < -0.39 is 0 Å². The minimum atomic E-state index is -0.371. The minimum absolute atomic E-state index is 0.0306. The smallest absolute Gasteiger partial charge is 0.227 e. The normalized spacial score (nSPS) is 16.6. The molecule has 1 aromatic rings. The fourth-order valence-electron chi connectivity index (χ4n) is 1.89. The molecule has 1 heterocycles. The van der Waals surface area contributed by atoms with Crippen LogP contribution >= 0.6 is 23.6 Å². The Bertz CT molecular complexity index is 491. The molecule has 1 aliphatic carbocycles. The highest BCUT2D eigenvalue weighted by atomic mass is 32.1. The summed E-state index contributed by atoms with van der Waals surface area (Å²) >= 11 is 6.50. The maximum atomic E-state index is 12.0. The molecule has 18 heavy (non-hydrogen) atoms. The van der Waals surface area contributed by atoms with Gasteiger partial charge >= 0.3 is 0 Å². The van der Waals surface area contributed by atoms with Gasteiger partial charge in [-0.2, -0.15) is 0 Å². The molecular weight excluding hydrogens is 268 g/mol. The van der Waals surface area contributed by atoms with Gasteiger partial charge < -0.3 is 15.0 Å². The first-order chi connectivity index (χ1) is 8.47. The standard InChI is InChI=1S/C12H18N2O2S2/c1-7-10(18-12(17)13-7)5-11(16)14(2)6-9(15)8-3-4-8/h8-9,15H,3-6H2,1-2H3,(H,13,17)/t9-/m1/s1. The third-order valence-electron chi connectivity index (χ3n) is 3.29. The third kappa shape index (κ3) is 3.40. The summed E-state index contributed by atoms with van der Waals surface area (Å²) < 4.78 is 0.705. The van der Waals surface area contributed by atoms with Crippen LogP contribution in [0.25, 0.3) is 0 Å². The molecule has 0 saturated heterocycles. The average Bonchev–Trinajstić information content (AvgIpc) is 3.07. The molecule has 0 radical (unpaired) electrons. The predicted molar refractivity (Wildman–Crippen MR) is 74.3 cm³/mol. The van der Waals surface area contributed by atoms with Crippen molar-refractivity contribution in [3.8, 4) is 0 Å². The maximum Gasteiger partial charge on any atom is 0.227 e. The van der Waals surface area contributed by atoms with Crippen LogP contribution in [0.15, 0.2) is 0 Å². The summed E-state index contributed by atoms with van der Waals surface area (Å²) in [5.74, 6) is 0.430. The molecule has 100 valence electrons. The minimum Gasteiger partial charge on any atom is -0.391 e. The predicted octanol–water partition coefficient (Wildman–Crippen LogP) is 1.89. The Kier molecular flexibility index (Phi) is 4.19. The van der Waals surface area contributed by atoms with E-state index in [1.54, 1.807) is 11.9 Å². The van der Waals surface area contributed by atoms with Gasteiger partial charge in [0.2, 0.25) is 5.91 Å². The van der Waals surface area contributed by atoms with Gasteiger partial charge in [0.1, 0.15) is 0 Å². The molecule has 1 aromatic heterocycles. The van der Waals surface area contributed by atoms with E-state index in [1.807, 2.05) is 6.92 Å². The van der Waals surface area contributed by atoms with E-state index in [-0.39, 0.29) is 12.0 Å². The Morgan fingerprint density at radius 2 is 2.33 bits per heavy atom. The Labute approximate surface area is 116 Å². The van der Waals surface area contributed by atoms with E-state index in [1.165, 1.54) is 11.3 Å². The number of hydrogen-bond donors (Lipinski definition) is 2. The molecule has 1 fully saturated rings. The summed E-state index contributed by atoms with van der Waals surface area (Å²) in [5.41, 5.74) is 0.967. The van der Waals surface area contributed by atoms with Crippen molar-refractivity contribution in [1.82, 2.24) is 9.88 Å². The van der Waals surface area contributed by atoms with Gasteiger partial charge in [0.05, 0.1) is 12.5 Å². The number of amides is 1. The first-order valence-electron chi connectivity index (χ1n) is 6.08. The molecule has 1 aliphatic rings. The van der Waals surface area contributed by atoms with Crippen LogP contribution in [0.4, 0.5) is 0 Å². The number of H-pyrrole nitrogens is 1. The molecule has 2 N–H and O–H groups in total. The Balaban J connectivity index is 1.90. The van der Waals surface area contributed by atoms with Gasteiger partial charge in [-0.05, 0) is 37.9 Å². The lowest BCUT2D eigenvalue weighted by Crippen LogP contribution is -2.36. The number of carbonyl (C=O) groups excluding carboxylic acids is 1. The number of nitrogens with one attached hydrogen (secondary N) is 1. The summed E-state index contributed by atoms with van der Waals surface area (Å²) in [7, 11) is 1.75. The van der Waals surface area contributed by atoms with Crippen molar-refractivity contribution in [3.63, 3.8) is 0 Å². The Morgan fingerprint density at radius 1 is 1.67 bits per heavy atom.